The number of halogens is 1. The average molecular weight is 361 g/mol. The van der Waals surface area contributed by atoms with E-state index in [1.165, 1.54) is 38.3 Å². The molecule has 0 aliphatic carbocycles. The Labute approximate surface area is 150 Å². The van der Waals surface area contributed by atoms with Crippen LogP contribution in [0.2, 0.25) is 0 Å². The normalized spacial score (nSPS) is 10.2. The van der Waals surface area contributed by atoms with Gasteiger partial charge in [0.05, 0.1) is 13.7 Å². The predicted octanol–water partition coefficient (Wildman–Crippen LogP) is 3.45. The van der Waals surface area contributed by atoms with E-state index >= 15 is 0 Å². The number of rotatable bonds is 8. The fraction of sp³-hybridized carbons (Fsp3) is 0.263. The van der Waals surface area contributed by atoms with E-state index in [1.807, 2.05) is 0 Å². The van der Waals surface area contributed by atoms with Crippen molar-refractivity contribution in [2.24, 2.45) is 0 Å². The zero-order valence-electron chi connectivity index (χ0n) is 14.8. The molecule has 6 nitrogen and oxygen atoms in total. The summed E-state index contributed by atoms with van der Waals surface area (Å²) in [6.45, 7) is 3.24. The van der Waals surface area contributed by atoms with Crippen molar-refractivity contribution in [3.8, 4) is 17.2 Å². The first-order valence-corrected chi connectivity index (χ1v) is 7.98. The van der Waals surface area contributed by atoms with Crippen LogP contribution in [0.25, 0.3) is 0 Å². The SMILES string of the molecule is CCOc1ccc(NC(=O)COc2ccc(C(C)=O)cc2OC)cc1F. The van der Waals surface area contributed by atoms with Crippen molar-refractivity contribution >= 4 is 17.4 Å². The van der Waals surface area contributed by atoms with E-state index in [2.05, 4.69) is 5.32 Å². The number of anilines is 1. The van der Waals surface area contributed by atoms with E-state index in [0.717, 1.165) is 0 Å². The summed E-state index contributed by atoms with van der Waals surface area (Å²) in [4.78, 5) is 23.4. The number of hydrogen-bond donors (Lipinski definition) is 1. The molecule has 0 unspecified atom stereocenters. The number of methoxy groups -OCH3 is 1. The number of benzene rings is 2. The lowest BCUT2D eigenvalue weighted by molar-refractivity contribution is -0.118. The van der Waals surface area contributed by atoms with Crippen molar-refractivity contribution in [2.75, 3.05) is 25.6 Å². The van der Waals surface area contributed by atoms with Crippen molar-refractivity contribution in [2.45, 2.75) is 13.8 Å². The van der Waals surface area contributed by atoms with Gasteiger partial charge in [-0.3, -0.25) is 9.59 Å². The summed E-state index contributed by atoms with van der Waals surface area (Å²) >= 11 is 0. The lowest BCUT2D eigenvalue weighted by Gasteiger charge is -2.12. The molecule has 2 rings (SSSR count). The molecule has 1 amide bonds. The van der Waals surface area contributed by atoms with Gasteiger partial charge in [0, 0.05) is 17.3 Å². The molecule has 0 aromatic heterocycles. The number of nitrogens with one attached hydrogen (secondary N) is 1. The summed E-state index contributed by atoms with van der Waals surface area (Å²) in [6.07, 6.45) is 0. The standard InChI is InChI=1S/C19H20FNO5/c1-4-25-16-8-6-14(10-15(16)20)21-19(23)11-26-17-7-5-13(12(2)22)9-18(17)24-3/h5-10H,4,11H2,1-3H3,(H,21,23). The fourth-order valence-electron chi connectivity index (χ4n) is 2.20. The van der Waals surface area contributed by atoms with E-state index in [0.29, 0.717) is 29.4 Å². The predicted molar refractivity (Wildman–Crippen MR) is 94.7 cm³/mol. The lowest BCUT2D eigenvalue weighted by atomic mass is 10.1. The van der Waals surface area contributed by atoms with Crippen LogP contribution in [0.3, 0.4) is 0 Å². The molecule has 0 spiro atoms. The van der Waals surface area contributed by atoms with Crippen molar-refractivity contribution in [3.63, 3.8) is 0 Å². The molecule has 2 aromatic rings. The maximum absolute atomic E-state index is 13.8. The van der Waals surface area contributed by atoms with Crippen LogP contribution in [0.4, 0.5) is 10.1 Å². The van der Waals surface area contributed by atoms with Gasteiger partial charge in [0.1, 0.15) is 0 Å². The smallest absolute Gasteiger partial charge is 0.262 e. The van der Waals surface area contributed by atoms with E-state index in [1.54, 1.807) is 19.1 Å². The number of carbonyl (C=O) groups excluding carboxylic acids is 2. The Bertz CT molecular complexity index is 807. The zero-order valence-corrected chi connectivity index (χ0v) is 14.8. The second-order valence-electron chi connectivity index (χ2n) is 5.34. The monoisotopic (exact) mass is 361 g/mol. The van der Waals surface area contributed by atoms with Crippen LogP contribution in [0.1, 0.15) is 24.2 Å². The third kappa shape index (κ3) is 4.95. The number of amides is 1. The minimum absolute atomic E-state index is 0.106. The summed E-state index contributed by atoms with van der Waals surface area (Å²) < 4.78 is 29.5. The first-order chi connectivity index (χ1) is 12.4. The van der Waals surface area contributed by atoms with Gasteiger partial charge < -0.3 is 19.5 Å². The van der Waals surface area contributed by atoms with Gasteiger partial charge >= 0.3 is 0 Å². The molecule has 0 atom stereocenters. The molecular weight excluding hydrogens is 341 g/mol. The highest BCUT2D eigenvalue weighted by Crippen LogP contribution is 2.28. The van der Waals surface area contributed by atoms with Gasteiger partial charge in [-0.25, -0.2) is 4.39 Å². The molecule has 26 heavy (non-hydrogen) atoms. The van der Waals surface area contributed by atoms with Gasteiger partial charge in [0.25, 0.3) is 5.91 Å². The Morgan fingerprint density at radius 3 is 2.38 bits per heavy atom. The summed E-state index contributed by atoms with van der Waals surface area (Å²) in [5, 5.41) is 2.53. The Kier molecular flexibility index (Phi) is 6.54. The highest BCUT2D eigenvalue weighted by Gasteiger charge is 2.11. The fourth-order valence-corrected chi connectivity index (χ4v) is 2.20. The maximum Gasteiger partial charge on any atom is 0.262 e. The van der Waals surface area contributed by atoms with Crippen LogP contribution < -0.4 is 19.5 Å². The van der Waals surface area contributed by atoms with Crippen molar-refractivity contribution in [3.05, 3.63) is 47.8 Å². The molecular formula is C19H20FNO5. The number of Topliss-reactive ketones (excluding diaryl/α,β-unsaturated/α-hetero) is 1. The molecule has 138 valence electrons. The molecule has 0 fully saturated rings. The van der Waals surface area contributed by atoms with Crippen LogP contribution in [0.5, 0.6) is 17.2 Å². The Morgan fingerprint density at radius 1 is 1.04 bits per heavy atom. The van der Waals surface area contributed by atoms with Gasteiger partial charge in [-0.05, 0) is 44.2 Å². The first kappa shape index (κ1) is 19.2. The summed E-state index contributed by atoms with van der Waals surface area (Å²) in [5.74, 6) is -0.344. The van der Waals surface area contributed by atoms with Gasteiger partial charge in [0.2, 0.25) is 0 Å². The topological polar surface area (TPSA) is 73.9 Å². The van der Waals surface area contributed by atoms with E-state index in [9.17, 15) is 14.0 Å². The van der Waals surface area contributed by atoms with Gasteiger partial charge in [-0.15, -0.1) is 0 Å². The van der Waals surface area contributed by atoms with Crippen LogP contribution in [-0.2, 0) is 4.79 Å². The average Bonchev–Trinajstić information content (AvgIpc) is 2.62. The summed E-state index contributed by atoms with van der Waals surface area (Å²) in [7, 11) is 1.44. The second-order valence-corrected chi connectivity index (χ2v) is 5.34. The number of ether oxygens (including phenoxy) is 3. The number of hydrogen-bond acceptors (Lipinski definition) is 5. The van der Waals surface area contributed by atoms with Crippen LogP contribution in [0, 0.1) is 5.82 Å². The Hall–Kier alpha value is -3.09. The minimum atomic E-state index is -0.563. The molecule has 0 aliphatic rings. The molecule has 0 bridgehead atoms. The molecule has 0 radical (unpaired) electrons. The number of carbonyl (C=O) groups is 2. The molecule has 0 saturated heterocycles. The largest absolute Gasteiger partial charge is 0.493 e. The van der Waals surface area contributed by atoms with Gasteiger partial charge in [-0.1, -0.05) is 0 Å². The van der Waals surface area contributed by atoms with E-state index in [4.69, 9.17) is 14.2 Å². The lowest BCUT2D eigenvalue weighted by Crippen LogP contribution is -2.20. The van der Waals surface area contributed by atoms with E-state index < -0.39 is 11.7 Å². The van der Waals surface area contributed by atoms with Crippen LogP contribution in [0.15, 0.2) is 36.4 Å². The molecule has 2 aromatic carbocycles. The zero-order chi connectivity index (χ0) is 19.1. The summed E-state index contributed by atoms with van der Waals surface area (Å²) in [5.41, 5.74) is 0.766. The third-order valence-corrected chi connectivity index (χ3v) is 3.44. The van der Waals surface area contributed by atoms with Crippen LogP contribution >= 0.6 is 0 Å². The quantitative estimate of drug-likeness (QED) is 0.729. The molecule has 1 N–H and O–H groups in total. The molecule has 0 saturated carbocycles. The van der Waals surface area contributed by atoms with Gasteiger partial charge in [-0.2, -0.15) is 0 Å². The minimum Gasteiger partial charge on any atom is -0.493 e. The highest BCUT2D eigenvalue weighted by molar-refractivity contribution is 5.95. The third-order valence-electron chi connectivity index (χ3n) is 3.44. The van der Waals surface area contributed by atoms with Gasteiger partial charge in [0.15, 0.2) is 35.5 Å². The second kappa shape index (κ2) is 8.84. The van der Waals surface area contributed by atoms with Crippen molar-refractivity contribution in [1.82, 2.24) is 0 Å². The first-order valence-electron chi connectivity index (χ1n) is 7.98. The molecule has 7 heteroatoms. The van der Waals surface area contributed by atoms with Crippen LogP contribution in [-0.4, -0.2) is 32.0 Å². The molecule has 0 heterocycles. The van der Waals surface area contributed by atoms with Crippen molar-refractivity contribution in [1.29, 1.82) is 0 Å². The van der Waals surface area contributed by atoms with E-state index in [-0.39, 0.29) is 18.1 Å². The van der Waals surface area contributed by atoms with Crippen molar-refractivity contribution < 1.29 is 28.2 Å². The maximum atomic E-state index is 13.8. The molecule has 0 aliphatic heterocycles. The highest BCUT2D eigenvalue weighted by atomic mass is 19.1. The Balaban J connectivity index is 1.98. The number of ketones is 1. The summed E-state index contributed by atoms with van der Waals surface area (Å²) in [6, 6.07) is 8.83. The Morgan fingerprint density at radius 2 is 1.77 bits per heavy atom.